The third-order valence-electron chi connectivity index (χ3n) is 3.76. The molecule has 0 unspecified atom stereocenters. The summed E-state index contributed by atoms with van der Waals surface area (Å²) in [5, 5.41) is 2.88. The second-order valence-corrected chi connectivity index (χ2v) is 5.13. The fourth-order valence-electron chi connectivity index (χ4n) is 2.33. The zero-order valence-electron chi connectivity index (χ0n) is 12.5. The van der Waals surface area contributed by atoms with E-state index in [0.29, 0.717) is 44.1 Å². The molecule has 1 heterocycles. The van der Waals surface area contributed by atoms with Crippen LogP contribution in [0.5, 0.6) is 11.5 Å². The van der Waals surface area contributed by atoms with Crippen LogP contribution in [0.3, 0.4) is 0 Å². The molecule has 0 aliphatic carbocycles. The molecule has 1 aromatic rings. The molecule has 116 valence electrons. The van der Waals surface area contributed by atoms with Crippen molar-refractivity contribution in [2.24, 2.45) is 5.73 Å². The van der Waals surface area contributed by atoms with Gasteiger partial charge in [0.25, 0.3) is 0 Å². The summed E-state index contributed by atoms with van der Waals surface area (Å²) in [6.45, 7) is 1.39. The molecule has 1 aromatic carbocycles. The van der Waals surface area contributed by atoms with Crippen LogP contribution in [0.1, 0.15) is 18.4 Å². The van der Waals surface area contributed by atoms with Gasteiger partial charge in [0.05, 0.1) is 19.8 Å². The molecule has 1 aliphatic rings. The van der Waals surface area contributed by atoms with Crippen molar-refractivity contribution in [2.75, 3.05) is 27.4 Å². The van der Waals surface area contributed by atoms with Crippen LogP contribution in [0.2, 0.25) is 0 Å². The number of nitrogens with two attached hydrogens (primary N) is 1. The Labute approximate surface area is 124 Å². The maximum Gasteiger partial charge on any atom is 0.240 e. The Morgan fingerprint density at radius 1 is 1.33 bits per heavy atom. The number of rotatable bonds is 5. The number of nitrogens with one attached hydrogen (secondary N) is 1. The van der Waals surface area contributed by atoms with Crippen molar-refractivity contribution in [3.63, 3.8) is 0 Å². The summed E-state index contributed by atoms with van der Waals surface area (Å²) in [6.07, 6.45) is 1.07. The van der Waals surface area contributed by atoms with Gasteiger partial charge < -0.3 is 25.3 Å². The van der Waals surface area contributed by atoms with Crippen molar-refractivity contribution < 1.29 is 19.0 Å². The van der Waals surface area contributed by atoms with E-state index in [9.17, 15) is 4.79 Å². The molecule has 0 bridgehead atoms. The van der Waals surface area contributed by atoms with Gasteiger partial charge >= 0.3 is 0 Å². The van der Waals surface area contributed by atoms with E-state index in [0.717, 1.165) is 5.56 Å². The zero-order chi connectivity index (χ0) is 15.3. The van der Waals surface area contributed by atoms with Crippen molar-refractivity contribution in [1.29, 1.82) is 0 Å². The molecule has 0 spiro atoms. The molecule has 0 radical (unpaired) electrons. The Hall–Kier alpha value is -1.79. The maximum absolute atomic E-state index is 12.3. The molecule has 2 rings (SSSR count). The number of carbonyl (C=O) groups excluding carboxylic acids is 1. The number of carbonyl (C=O) groups is 1. The van der Waals surface area contributed by atoms with Gasteiger partial charge in [-0.2, -0.15) is 0 Å². The van der Waals surface area contributed by atoms with Gasteiger partial charge in [-0.25, -0.2) is 0 Å². The highest BCUT2D eigenvalue weighted by molar-refractivity contribution is 5.86. The fourth-order valence-corrected chi connectivity index (χ4v) is 2.33. The third-order valence-corrected chi connectivity index (χ3v) is 3.76. The van der Waals surface area contributed by atoms with Gasteiger partial charge in [0.1, 0.15) is 11.5 Å². The highest BCUT2D eigenvalue weighted by atomic mass is 16.5. The van der Waals surface area contributed by atoms with Gasteiger partial charge in [-0.3, -0.25) is 4.79 Å². The summed E-state index contributed by atoms with van der Waals surface area (Å²) < 4.78 is 15.7. The lowest BCUT2D eigenvalue weighted by Crippen LogP contribution is -2.56. The summed E-state index contributed by atoms with van der Waals surface area (Å²) in [4.78, 5) is 12.3. The number of ether oxygens (including phenoxy) is 3. The summed E-state index contributed by atoms with van der Waals surface area (Å²) in [5.74, 6) is 1.26. The van der Waals surface area contributed by atoms with E-state index >= 15 is 0 Å². The van der Waals surface area contributed by atoms with Crippen LogP contribution in [-0.2, 0) is 16.1 Å². The minimum atomic E-state index is -0.843. The minimum absolute atomic E-state index is 0.157. The molecule has 6 nitrogen and oxygen atoms in total. The van der Waals surface area contributed by atoms with Crippen molar-refractivity contribution in [2.45, 2.75) is 24.9 Å². The number of methoxy groups -OCH3 is 2. The van der Waals surface area contributed by atoms with Gasteiger partial charge in [-0.15, -0.1) is 0 Å². The van der Waals surface area contributed by atoms with E-state index in [1.54, 1.807) is 14.2 Å². The molecule has 0 atom stereocenters. The van der Waals surface area contributed by atoms with Crippen LogP contribution in [0, 0.1) is 0 Å². The normalized spacial score (nSPS) is 17.1. The van der Waals surface area contributed by atoms with Crippen molar-refractivity contribution >= 4 is 5.91 Å². The van der Waals surface area contributed by atoms with Gasteiger partial charge in [0.2, 0.25) is 5.91 Å². The third kappa shape index (κ3) is 3.65. The van der Waals surface area contributed by atoms with Crippen LogP contribution in [0.4, 0.5) is 0 Å². The molecule has 1 aliphatic heterocycles. The molecular formula is C15H22N2O4. The molecule has 21 heavy (non-hydrogen) atoms. The number of amides is 1. The van der Waals surface area contributed by atoms with E-state index < -0.39 is 5.54 Å². The number of benzene rings is 1. The second kappa shape index (κ2) is 6.78. The van der Waals surface area contributed by atoms with Crippen molar-refractivity contribution in [1.82, 2.24) is 5.32 Å². The van der Waals surface area contributed by atoms with Crippen molar-refractivity contribution in [3.8, 4) is 11.5 Å². The first kappa shape index (κ1) is 15.6. The first-order valence-electron chi connectivity index (χ1n) is 6.95. The monoisotopic (exact) mass is 294 g/mol. The summed E-state index contributed by atoms with van der Waals surface area (Å²) in [7, 11) is 3.19. The Kier molecular flexibility index (Phi) is 5.03. The molecule has 0 aromatic heterocycles. The first-order chi connectivity index (χ1) is 10.1. The SMILES string of the molecule is COc1ccc(OC)c(CNC(=O)C2(N)CCOCC2)c1. The summed E-state index contributed by atoms with van der Waals surface area (Å²) >= 11 is 0. The van der Waals surface area contributed by atoms with E-state index in [1.807, 2.05) is 18.2 Å². The van der Waals surface area contributed by atoms with Gasteiger partial charge in [-0.1, -0.05) is 0 Å². The molecular weight excluding hydrogens is 272 g/mol. The largest absolute Gasteiger partial charge is 0.497 e. The van der Waals surface area contributed by atoms with Gasteiger partial charge in [0, 0.05) is 25.3 Å². The molecule has 6 heteroatoms. The molecule has 1 amide bonds. The predicted molar refractivity (Wildman–Crippen MR) is 78.4 cm³/mol. The van der Waals surface area contributed by atoms with Gasteiger partial charge in [0.15, 0.2) is 0 Å². The van der Waals surface area contributed by atoms with Crippen molar-refractivity contribution in [3.05, 3.63) is 23.8 Å². The number of hydrogen-bond donors (Lipinski definition) is 2. The average Bonchev–Trinajstić information content (AvgIpc) is 2.52. The van der Waals surface area contributed by atoms with E-state index in [4.69, 9.17) is 19.9 Å². The Morgan fingerprint density at radius 2 is 2.05 bits per heavy atom. The zero-order valence-corrected chi connectivity index (χ0v) is 12.5. The van der Waals surface area contributed by atoms with Gasteiger partial charge in [-0.05, 0) is 31.0 Å². The molecule has 1 saturated heterocycles. The summed E-state index contributed by atoms with van der Waals surface area (Å²) in [6, 6.07) is 5.46. The quantitative estimate of drug-likeness (QED) is 0.840. The lowest BCUT2D eigenvalue weighted by molar-refractivity contribution is -0.129. The van der Waals surface area contributed by atoms with E-state index in [-0.39, 0.29) is 5.91 Å². The minimum Gasteiger partial charge on any atom is -0.497 e. The maximum atomic E-state index is 12.3. The first-order valence-corrected chi connectivity index (χ1v) is 6.95. The topological polar surface area (TPSA) is 82.8 Å². The molecule has 1 fully saturated rings. The van der Waals surface area contributed by atoms with E-state index in [1.165, 1.54) is 0 Å². The smallest absolute Gasteiger partial charge is 0.240 e. The van der Waals surface area contributed by atoms with Crippen LogP contribution in [0.15, 0.2) is 18.2 Å². The lowest BCUT2D eigenvalue weighted by Gasteiger charge is -2.31. The highest BCUT2D eigenvalue weighted by Crippen LogP contribution is 2.24. The van der Waals surface area contributed by atoms with Crippen LogP contribution < -0.4 is 20.5 Å². The Bertz CT molecular complexity index is 498. The summed E-state index contributed by atoms with van der Waals surface area (Å²) in [5.41, 5.74) is 6.15. The Balaban J connectivity index is 2.03. The molecule has 3 N–H and O–H groups in total. The number of hydrogen-bond acceptors (Lipinski definition) is 5. The lowest BCUT2D eigenvalue weighted by atomic mass is 9.90. The van der Waals surface area contributed by atoms with Crippen LogP contribution in [-0.4, -0.2) is 38.9 Å². The predicted octanol–water partition coefficient (Wildman–Crippen LogP) is 0.828. The van der Waals surface area contributed by atoms with Crippen LogP contribution in [0.25, 0.3) is 0 Å². The molecule has 0 saturated carbocycles. The standard InChI is InChI=1S/C15H22N2O4/c1-19-12-3-4-13(20-2)11(9-12)10-17-14(18)15(16)5-7-21-8-6-15/h3-4,9H,5-8,10,16H2,1-2H3,(H,17,18). The second-order valence-electron chi connectivity index (χ2n) is 5.13. The Morgan fingerprint density at radius 3 is 2.67 bits per heavy atom. The van der Waals surface area contributed by atoms with E-state index in [2.05, 4.69) is 5.32 Å². The highest BCUT2D eigenvalue weighted by Gasteiger charge is 2.35. The average molecular weight is 294 g/mol. The fraction of sp³-hybridized carbons (Fsp3) is 0.533. The van der Waals surface area contributed by atoms with Crippen LogP contribution >= 0.6 is 0 Å².